The van der Waals surface area contributed by atoms with Crippen molar-refractivity contribution in [2.75, 3.05) is 32.4 Å². The van der Waals surface area contributed by atoms with Crippen molar-refractivity contribution in [1.82, 2.24) is 14.8 Å². The minimum atomic E-state index is -0.159. The third-order valence-electron chi connectivity index (χ3n) is 6.01. The van der Waals surface area contributed by atoms with Gasteiger partial charge in [0.2, 0.25) is 11.7 Å². The predicted octanol–water partition coefficient (Wildman–Crippen LogP) is 4.91. The number of aromatic nitrogens is 3. The first kappa shape index (κ1) is 24.7. The lowest BCUT2D eigenvalue weighted by Crippen LogP contribution is -2.17. The molecule has 1 aliphatic carbocycles. The number of benzene rings is 2. The standard InChI is InChI=1S/C25H30N4O5S/c1-32-20-13-16(14-21(33-2)23(20)34-3)24-27-28-25(29(24)18-7-5-4-6-8-18)35-15-22(31)26-17-9-11-19(30)12-10-17/h9-14,18,30H,4-8,15H2,1-3H3,(H,26,31). The first-order valence-corrected chi connectivity index (χ1v) is 12.5. The molecule has 2 N–H and O–H groups in total. The summed E-state index contributed by atoms with van der Waals surface area (Å²) in [5, 5.41) is 22.0. The van der Waals surface area contributed by atoms with Gasteiger partial charge < -0.3 is 24.6 Å². The molecule has 1 aliphatic rings. The second kappa shape index (κ2) is 11.4. The Hall–Kier alpha value is -3.40. The van der Waals surface area contributed by atoms with Crippen molar-refractivity contribution in [1.29, 1.82) is 0 Å². The van der Waals surface area contributed by atoms with Gasteiger partial charge in [0.15, 0.2) is 22.5 Å². The summed E-state index contributed by atoms with van der Waals surface area (Å²) in [4.78, 5) is 12.6. The van der Waals surface area contributed by atoms with Crippen molar-refractivity contribution in [2.24, 2.45) is 0 Å². The van der Waals surface area contributed by atoms with E-state index in [1.165, 1.54) is 30.3 Å². The van der Waals surface area contributed by atoms with E-state index in [9.17, 15) is 9.90 Å². The zero-order valence-electron chi connectivity index (χ0n) is 20.1. The number of methoxy groups -OCH3 is 3. The van der Waals surface area contributed by atoms with Crippen molar-refractivity contribution in [3.05, 3.63) is 36.4 Å². The van der Waals surface area contributed by atoms with Crippen LogP contribution in [0.5, 0.6) is 23.0 Å². The predicted molar refractivity (Wildman–Crippen MR) is 135 cm³/mol. The molecule has 0 bridgehead atoms. The van der Waals surface area contributed by atoms with Crippen LogP contribution in [0.15, 0.2) is 41.6 Å². The normalized spacial score (nSPS) is 13.9. The van der Waals surface area contributed by atoms with E-state index in [1.807, 2.05) is 12.1 Å². The molecule has 0 saturated heterocycles. The van der Waals surface area contributed by atoms with Crippen molar-refractivity contribution < 1.29 is 24.1 Å². The molecule has 186 valence electrons. The average Bonchev–Trinajstić information content (AvgIpc) is 3.32. The Morgan fingerprint density at radius 2 is 1.69 bits per heavy atom. The summed E-state index contributed by atoms with van der Waals surface area (Å²) in [6.07, 6.45) is 5.56. The number of phenolic OH excluding ortho intramolecular Hbond substituents is 1. The van der Waals surface area contributed by atoms with E-state index in [0.29, 0.717) is 33.9 Å². The van der Waals surface area contributed by atoms with E-state index >= 15 is 0 Å². The minimum Gasteiger partial charge on any atom is -0.508 e. The van der Waals surface area contributed by atoms with Gasteiger partial charge in [0.1, 0.15) is 5.75 Å². The number of aromatic hydroxyl groups is 1. The highest BCUT2D eigenvalue weighted by Gasteiger charge is 2.26. The highest BCUT2D eigenvalue weighted by molar-refractivity contribution is 7.99. The summed E-state index contributed by atoms with van der Waals surface area (Å²) in [6, 6.07) is 10.4. The molecule has 1 saturated carbocycles. The molecule has 2 aromatic carbocycles. The zero-order chi connectivity index (χ0) is 24.8. The van der Waals surface area contributed by atoms with Crippen LogP contribution in [-0.2, 0) is 4.79 Å². The van der Waals surface area contributed by atoms with Gasteiger partial charge in [0, 0.05) is 17.3 Å². The topological polar surface area (TPSA) is 108 Å². The second-order valence-corrected chi connectivity index (χ2v) is 9.21. The van der Waals surface area contributed by atoms with Crippen molar-refractivity contribution in [3.63, 3.8) is 0 Å². The average molecular weight is 499 g/mol. The molecule has 0 unspecified atom stereocenters. The highest BCUT2D eigenvalue weighted by Crippen LogP contribution is 2.43. The lowest BCUT2D eigenvalue weighted by Gasteiger charge is -2.26. The molecule has 1 heterocycles. The van der Waals surface area contributed by atoms with E-state index in [2.05, 4.69) is 20.1 Å². The quantitative estimate of drug-likeness (QED) is 0.316. The number of ether oxygens (including phenoxy) is 3. The highest BCUT2D eigenvalue weighted by atomic mass is 32.2. The van der Waals surface area contributed by atoms with Gasteiger partial charge in [-0.1, -0.05) is 31.0 Å². The summed E-state index contributed by atoms with van der Waals surface area (Å²) in [6.45, 7) is 0. The number of hydrogen-bond acceptors (Lipinski definition) is 8. The van der Waals surface area contributed by atoms with Gasteiger partial charge in [-0.05, 0) is 49.2 Å². The number of amides is 1. The Bertz CT molecular complexity index is 1130. The van der Waals surface area contributed by atoms with Crippen LogP contribution in [0.3, 0.4) is 0 Å². The molecular weight excluding hydrogens is 468 g/mol. The summed E-state index contributed by atoms with van der Waals surface area (Å²) in [5.74, 6) is 2.48. The summed E-state index contributed by atoms with van der Waals surface area (Å²) < 4.78 is 18.7. The van der Waals surface area contributed by atoms with Crippen LogP contribution < -0.4 is 19.5 Å². The third-order valence-corrected chi connectivity index (χ3v) is 6.95. The monoisotopic (exact) mass is 498 g/mol. The number of thioether (sulfide) groups is 1. The van der Waals surface area contributed by atoms with Crippen molar-refractivity contribution >= 4 is 23.4 Å². The van der Waals surface area contributed by atoms with E-state index in [0.717, 1.165) is 31.2 Å². The maximum Gasteiger partial charge on any atom is 0.234 e. The maximum atomic E-state index is 12.6. The number of carbonyl (C=O) groups is 1. The Morgan fingerprint density at radius 3 is 2.29 bits per heavy atom. The van der Waals surface area contributed by atoms with Gasteiger partial charge in [0.05, 0.1) is 27.1 Å². The fourth-order valence-electron chi connectivity index (χ4n) is 4.32. The van der Waals surface area contributed by atoms with Gasteiger partial charge in [0.25, 0.3) is 0 Å². The first-order valence-electron chi connectivity index (χ1n) is 11.5. The molecule has 1 fully saturated rings. The van der Waals surface area contributed by atoms with Gasteiger partial charge in [-0.2, -0.15) is 0 Å². The molecule has 0 radical (unpaired) electrons. The number of carbonyl (C=O) groups excluding carboxylic acids is 1. The molecule has 35 heavy (non-hydrogen) atoms. The number of anilines is 1. The van der Waals surface area contributed by atoms with Gasteiger partial charge >= 0.3 is 0 Å². The number of phenols is 1. The van der Waals surface area contributed by atoms with E-state index in [1.54, 1.807) is 33.5 Å². The van der Waals surface area contributed by atoms with Crippen molar-refractivity contribution in [3.8, 4) is 34.4 Å². The molecule has 1 aromatic heterocycles. The molecule has 0 aliphatic heterocycles. The van der Waals surface area contributed by atoms with Crippen LogP contribution >= 0.6 is 11.8 Å². The van der Waals surface area contributed by atoms with Crippen LogP contribution in [0.2, 0.25) is 0 Å². The maximum absolute atomic E-state index is 12.6. The fourth-order valence-corrected chi connectivity index (χ4v) is 5.13. The molecule has 0 atom stereocenters. The summed E-state index contributed by atoms with van der Waals surface area (Å²) in [5.41, 5.74) is 1.43. The molecule has 1 amide bonds. The molecule has 0 spiro atoms. The summed E-state index contributed by atoms with van der Waals surface area (Å²) >= 11 is 1.35. The number of hydrogen-bond donors (Lipinski definition) is 2. The largest absolute Gasteiger partial charge is 0.508 e. The van der Waals surface area contributed by atoms with Crippen LogP contribution in [0, 0.1) is 0 Å². The van der Waals surface area contributed by atoms with E-state index in [-0.39, 0.29) is 23.5 Å². The Labute approximate surface area is 208 Å². The van der Waals surface area contributed by atoms with Gasteiger partial charge in [-0.25, -0.2) is 0 Å². The number of rotatable bonds is 9. The van der Waals surface area contributed by atoms with Gasteiger partial charge in [-0.3, -0.25) is 9.36 Å². The van der Waals surface area contributed by atoms with E-state index in [4.69, 9.17) is 14.2 Å². The van der Waals surface area contributed by atoms with Crippen molar-refractivity contribution in [2.45, 2.75) is 43.3 Å². The molecule has 4 rings (SSSR count). The Morgan fingerprint density at radius 1 is 1.03 bits per heavy atom. The first-order chi connectivity index (χ1) is 17.0. The van der Waals surface area contributed by atoms with Crippen LogP contribution in [-0.4, -0.2) is 52.9 Å². The summed E-state index contributed by atoms with van der Waals surface area (Å²) in [7, 11) is 4.74. The van der Waals surface area contributed by atoms with Crippen LogP contribution in [0.25, 0.3) is 11.4 Å². The van der Waals surface area contributed by atoms with Gasteiger partial charge in [-0.15, -0.1) is 10.2 Å². The molecular formula is C25H30N4O5S. The molecule has 3 aromatic rings. The SMILES string of the molecule is COc1cc(-c2nnc(SCC(=O)Nc3ccc(O)cc3)n2C2CCCCC2)cc(OC)c1OC. The molecule has 10 heteroatoms. The zero-order valence-corrected chi connectivity index (χ0v) is 20.9. The smallest absolute Gasteiger partial charge is 0.234 e. The fraction of sp³-hybridized carbons (Fsp3) is 0.400. The second-order valence-electron chi connectivity index (χ2n) is 8.27. The number of nitrogens with zero attached hydrogens (tertiary/aromatic N) is 3. The van der Waals surface area contributed by atoms with E-state index < -0.39 is 0 Å². The minimum absolute atomic E-state index is 0.150. The molecule has 9 nitrogen and oxygen atoms in total. The Kier molecular flexibility index (Phi) is 8.02. The lowest BCUT2D eigenvalue weighted by molar-refractivity contribution is -0.113. The lowest BCUT2D eigenvalue weighted by atomic mass is 9.95. The van der Waals surface area contributed by atoms with Crippen LogP contribution in [0.4, 0.5) is 5.69 Å². The van der Waals surface area contributed by atoms with Crippen LogP contribution in [0.1, 0.15) is 38.1 Å². The third kappa shape index (κ3) is 5.64. The Balaban J connectivity index is 1.62. The number of nitrogens with one attached hydrogen (secondary N) is 1.